The molecule has 1 atom stereocenters. The van der Waals surface area contributed by atoms with Crippen LogP contribution in [0.25, 0.3) is 0 Å². The molecule has 0 bridgehead atoms. The lowest BCUT2D eigenvalue weighted by molar-refractivity contribution is 0.143. The van der Waals surface area contributed by atoms with Crippen molar-refractivity contribution in [1.29, 1.82) is 0 Å². The van der Waals surface area contributed by atoms with Gasteiger partial charge < -0.3 is 4.90 Å². The lowest BCUT2D eigenvalue weighted by Gasteiger charge is -2.31. The van der Waals surface area contributed by atoms with Gasteiger partial charge in [-0.15, -0.1) is 0 Å². The maximum absolute atomic E-state index is 4.44. The van der Waals surface area contributed by atoms with E-state index in [0.717, 1.165) is 32.6 Å². The SMILES string of the molecule is CN(C)C[C@@H]1CCn2nccc2CN1Cc1cnn(C)c1. The van der Waals surface area contributed by atoms with E-state index in [1.807, 2.05) is 24.1 Å². The number of likely N-dealkylation sites (N-methyl/N-ethyl adjacent to an activating group) is 1. The van der Waals surface area contributed by atoms with E-state index in [2.05, 4.69) is 51.0 Å². The molecule has 3 heterocycles. The lowest BCUT2D eigenvalue weighted by atomic mass is 10.1. The zero-order chi connectivity index (χ0) is 14.8. The van der Waals surface area contributed by atoms with Gasteiger partial charge >= 0.3 is 0 Å². The molecule has 0 saturated heterocycles. The van der Waals surface area contributed by atoms with Crippen molar-refractivity contribution < 1.29 is 0 Å². The van der Waals surface area contributed by atoms with Gasteiger partial charge in [-0.2, -0.15) is 10.2 Å². The first-order chi connectivity index (χ1) is 10.1. The summed E-state index contributed by atoms with van der Waals surface area (Å²) in [4.78, 5) is 4.83. The van der Waals surface area contributed by atoms with Gasteiger partial charge in [0.2, 0.25) is 0 Å². The van der Waals surface area contributed by atoms with Crippen molar-refractivity contribution in [3.63, 3.8) is 0 Å². The summed E-state index contributed by atoms with van der Waals surface area (Å²) in [5.41, 5.74) is 2.58. The van der Waals surface area contributed by atoms with Gasteiger partial charge in [-0.3, -0.25) is 14.3 Å². The van der Waals surface area contributed by atoms with Gasteiger partial charge in [0.1, 0.15) is 0 Å². The largest absolute Gasteiger partial charge is 0.308 e. The molecule has 0 spiro atoms. The monoisotopic (exact) mass is 288 g/mol. The van der Waals surface area contributed by atoms with Crippen LogP contribution in [0.15, 0.2) is 24.7 Å². The first kappa shape index (κ1) is 14.3. The van der Waals surface area contributed by atoms with Gasteiger partial charge in [0.05, 0.1) is 11.9 Å². The highest BCUT2D eigenvalue weighted by Crippen LogP contribution is 2.20. The maximum Gasteiger partial charge on any atom is 0.0534 e. The predicted octanol–water partition coefficient (Wildman–Crippen LogP) is 0.953. The molecule has 2 aromatic heterocycles. The number of nitrogens with zero attached hydrogens (tertiary/aromatic N) is 6. The second-order valence-electron chi connectivity index (χ2n) is 6.18. The van der Waals surface area contributed by atoms with E-state index in [9.17, 15) is 0 Å². The summed E-state index contributed by atoms with van der Waals surface area (Å²) in [6, 6.07) is 2.68. The van der Waals surface area contributed by atoms with E-state index in [-0.39, 0.29) is 0 Å². The zero-order valence-electron chi connectivity index (χ0n) is 13.1. The number of aromatic nitrogens is 4. The molecule has 6 heteroatoms. The molecular weight excluding hydrogens is 264 g/mol. The molecule has 1 aliphatic rings. The molecule has 0 aromatic carbocycles. The molecule has 21 heavy (non-hydrogen) atoms. The van der Waals surface area contributed by atoms with Crippen molar-refractivity contribution in [2.75, 3.05) is 20.6 Å². The summed E-state index contributed by atoms with van der Waals surface area (Å²) >= 11 is 0. The Morgan fingerprint density at radius 3 is 2.90 bits per heavy atom. The molecule has 0 aliphatic carbocycles. The Kier molecular flexibility index (Phi) is 4.07. The number of hydrogen-bond donors (Lipinski definition) is 0. The lowest BCUT2D eigenvalue weighted by Crippen LogP contribution is -2.40. The smallest absolute Gasteiger partial charge is 0.0534 e. The molecule has 1 aliphatic heterocycles. The van der Waals surface area contributed by atoms with Gasteiger partial charge in [0.25, 0.3) is 0 Å². The second-order valence-corrected chi connectivity index (χ2v) is 6.18. The number of aryl methyl sites for hydroxylation is 2. The third kappa shape index (κ3) is 3.33. The van der Waals surface area contributed by atoms with Crippen LogP contribution in [-0.2, 0) is 26.7 Å². The van der Waals surface area contributed by atoms with Crippen molar-refractivity contribution in [3.05, 3.63) is 35.9 Å². The number of fused-ring (bicyclic) bond motifs is 1. The minimum Gasteiger partial charge on any atom is -0.308 e. The summed E-state index contributed by atoms with van der Waals surface area (Å²) < 4.78 is 4.02. The Balaban J connectivity index is 1.80. The van der Waals surface area contributed by atoms with E-state index in [1.54, 1.807) is 0 Å². The Morgan fingerprint density at radius 2 is 2.19 bits per heavy atom. The zero-order valence-corrected chi connectivity index (χ0v) is 13.1. The average Bonchev–Trinajstić information content (AvgIpc) is 3.00. The highest BCUT2D eigenvalue weighted by atomic mass is 15.3. The molecule has 0 N–H and O–H groups in total. The van der Waals surface area contributed by atoms with Crippen LogP contribution in [0.5, 0.6) is 0 Å². The fourth-order valence-corrected chi connectivity index (χ4v) is 3.09. The van der Waals surface area contributed by atoms with Crippen LogP contribution in [0.2, 0.25) is 0 Å². The third-order valence-corrected chi connectivity index (χ3v) is 4.08. The van der Waals surface area contributed by atoms with Crippen LogP contribution in [-0.4, -0.2) is 56.0 Å². The van der Waals surface area contributed by atoms with Crippen LogP contribution in [0.3, 0.4) is 0 Å². The average molecular weight is 288 g/mol. The van der Waals surface area contributed by atoms with Crippen LogP contribution < -0.4 is 0 Å². The van der Waals surface area contributed by atoms with E-state index in [0.29, 0.717) is 6.04 Å². The molecule has 6 nitrogen and oxygen atoms in total. The molecule has 2 aromatic rings. The summed E-state index contributed by atoms with van der Waals surface area (Å²) in [7, 11) is 6.26. The summed E-state index contributed by atoms with van der Waals surface area (Å²) in [6.07, 6.45) is 7.11. The van der Waals surface area contributed by atoms with Crippen LogP contribution in [0, 0.1) is 0 Å². The standard InChI is InChI=1S/C15H24N6/c1-18(2)11-14-5-7-21-15(4-6-16-21)12-20(14)10-13-8-17-19(3)9-13/h4,6,8-9,14H,5,7,10-12H2,1-3H3/t14-/m0/s1. The summed E-state index contributed by atoms with van der Waals surface area (Å²) in [5.74, 6) is 0. The minimum absolute atomic E-state index is 0.543. The van der Waals surface area contributed by atoms with Crippen molar-refractivity contribution in [2.45, 2.75) is 32.1 Å². The molecular formula is C15H24N6. The molecule has 0 radical (unpaired) electrons. The number of hydrogen-bond acceptors (Lipinski definition) is 4. The molecule has 0 amide bonds. The van der Waals surface area contributed by atoms with Gasteiger partial charge in [-0.1, -0.05) is 0 Å². The maximum atomic E-state index is 4.44. The Hall–Kier alpha value is -1.66. The van der Waals surface area contributed by atoms with E-state index >= 15 is 0 Å². The quantitative estimate of drug-likeness (QED) is 0.840. The molecule has 3 rings (SSSR count). The highest BCUT2D eigenvalue weighted by Gasteiger charge is 2.24. The normalized spacial score (nSPS) is 19.7. The van der Waals surface area contributed by atoms with Crippen molar-refractivity contribution in [1.82, 2.24) is 29.4 Å². The van der Waals surface area contributed by atoms with E-state index in [4.69, 9.17) is 0 Å². The fraction of sp³-hybridized carbons (Fsp3) is 0.600. The molecule has 114 valence electrons. The Morgan fingerprint density at radius 1 is 1.33 bits per heavy atom. The summed E-state index contributed by atoms with van der Waals surface area (Å²) in [6.45, 7) is 3.97. The minimum atomic E-state index is 0.543. The predicted molar refractivity (Wildman–Crippen MR) is 81.6 cm³/mol. The van der Waals surface area contributed by atoms with Gasteiger partial charge in [0, 0.05) is 57.2 Å². The first-order valence-corrected chi connectivity index (χ1v) is 7.49. The van der Waals surface area contributed by atoms with Crippen LogP contribution >= 0.6 is 0 Å². The highest BCUT2D eigenvalue weighted by molar-refractivity contribution is 5.07. The van der Waals surface area contributed by atoms with Crippen molar-refractivity contribution in [3.8, 4) is 0 Å². The van der Waals surface area contributed by atoms with Gasteiger partial charge in [-0.05, 0) is 26.6 Å². The van der Waals surface area contributed by atoms with Crippen LogP contribution in [0.4, 0.5) is 0 Å². The Labute approximate surface area is 126 Å². The van der Waals surface area contributed by atoms with E-state index in [1.165, 1.54) is 11.3 Å². The summed E-state index contributed by atoms with van der Waals surface area (Å²) in [5, 5.41) is 8.72. The third-order valence-electron chi connectivity index (χ3n) is 4.08. The number of rotatable bonds is 4. The van der Waals surface area contributed by atoms with E-state index < -0.39 is 0 Å². The fourth-order valence-electron chi connectivity index (χ4n) is 3.09. The molecule has 0 unspecified atom stereocenters. The molecule has 0 saturated carbocycles. The topological polar surface area (TPSA) is 42.1 Å². The van der Waals surface area contributed by atoms with Gasteiger partial charge in [0.15, 0.2) is 0 Å². The Bertz CT molecular complexity index is 585. The van der Waals surface area contributed by atoms with Crippen molar-refractivity contribution >= 4 is 0 Å². The first-order valence-electron chi connectivity index (χ1n) is 7.49. The van der Waals surface area contributed by atoms with Gasteiger partial charge in [-0.25, -0.2) is 0 Å². The molecule has 0 fully saturated rings. The second kappa shape index (κ2) is 5.99. The van der Waals surface area contributed by atoms with Crippen molar-refractivity contribution in [2.24, 2.45) is 7.05 Å². The van der Waals surface area contributed by atoms with Crippen LogP contribution in [0.1, 0.15) is 17.7 Å².